The van der Waals surface area contributed by atoms with Crippen LogP contribution in [0.25, 0.3) is 0 Å². The van der Waals surface area contributed by atoms with E-state index in [1.165, 1.54) is 0 Å². The Bertz CT molecular complexity index is 951. The van der Waals surface area contributed by atoms with Crippen LogP contribution >= 0.6 is 0 Å². The molecular weight excluding hydrogens is 389 g/mol. The van der Waals surface area contributed by atoms with Crippen molar-refractivity contribution in [2.75, 3.05) is 7.11 Å². The Hall–Kier alpha value is -2.40. The highest BCUT2D eigenvalue weighted by Crippen LogP contribution is 2.35. The van der Waals surface area contributed by atoms with Crippen molar-refractivity contribution in [2.45, 2.75) is 36.5 Å². The van der Waals surface area contributed by atoms with Crippen LogP contribution in [-0.4, -0.2) is 36.8 Å². The maximum absolute atomic E-state index is 12.9. The Balaban J connectivity index is 1.90. The fraction of sp³-hybridized carbons (Fsp3) is 0.375. The van der Waals surface area contributed by atoms with Crippen molar-refractivity contribution in [1.82, 2.24) is 9.29 Å². The highest BCUT2D eigenvalue weighted by atomic mass is 32.2. The second-order valence-electron chi connectivity index (χ2n) is 5.93. The number of rotatable bonds is 6. The maximum atomic E-state index is 12.9. The topological polar surface area (TPSA) is 89.7 Å². The van der Waals surface area contributed by atoms with Gasteiger partial charge in [0.2, 0.25) is 15.9 Å². The minimum Gasteiger partial charge on any atom is -0.464 e. The summed E-state index contributed by atoms with van der Waals surface area (Å²) >= 11 is 0. The molecule has 1 heterocycles. The van der Waals surface area contributed by atoms with Gasteiger partial charge in [-0.05, 0) is 31.0 Å². The highest BCUT2D eigenvalue weighted by Gasteiger charge is 2.40. The smallest absolute Gasteiger partial charge is 0.416 e. The second-order valence-corrected chi connectivity index (χ2v) is 7.82. The maximum Gasteiger partial charge on any atom is 0.416 e. The van der Waals surface area contributed by atoms with E-state index in [-0.39, 0.29) is 24.2 Å². The van der Waals surface area contributed by atoms with E-state index in [1.54, 1.807) is 0 Å². The van der Waals surface area contributed by atoms with E-state index in [1.807, 2.05) is 0 Å². The number of hydrogen-bond acceptors (Lipinski definition) is 6. The number of esters is 1. The molecular formula is C16H15F3N2O5S. The van der Waals surface area contributed by atoms with Crippen molar-refractivity contribution in [3.8, 4) is 0 Å². The van der Waals surface area contributed by atoms with E-state index < -0.39 is 32.6 Å². The zero-order chi connectivity index (χ0) is 19.8. The van der Waals surface area contributed by atoms with Crippen LogP contribution in [0.15, 0.2) is 39.8 Å². The molecule has 2 aromatic rings. The first-order valence-electron chi connectivity index (χ1n) is 7.85. The van der Waals surface area contributed by atoms with Crippen molar-refractivity contribution < 1.29 is 35.5 Å². The Morgan fingerprint density at radius 3 is 2.67 bits per heavy atom. The number of carbonyl (C=O) groups is 1. The van der Waals surface area contributed by atoms with E-state index in [4.69, 9.17) is 4.42 Å². The average molecular weight is 404 g/mol. The van der Waals surface area contributed by atoms with Crippen LogP contribution in [0.4, 0.5) is 13.2 Å². The molecule has 0 spiro atoms. The molecule has 3 rings (SSSR count). The summed E-state index contributed by atoms with van der Waals surface area (Å²) in [5.41, 5.74) is -1.18. The number of oxazole rings is 1. The summed E-state index contributed by atoms with van der Waals surface area (Å²) < 4.78 is 75.2. The first-order chi connectivity index (χ1) is 12.6. The first kappa shape index (κ1) is 19.4. The molecule has 0 unspecified atom stereocenters. The molecule has 7 nitrogen and oxygen atoms in total. The van der Waals surface area contributed by atoms with Crippen LogP contribution in [0.3, 0.4) is 0 Å². The average Bonchev–Trinajstić information content (AvgIpc) is 3.35. The Morgan fingerprint density at radius 1 is 1.37 bits per heavy atom. The number of methoxy groups -OCH3 is 1. The number of alkyl halides is 3. The largest absolute Gasteiger partial charge is 0.464 e. The summed E-state index contributed by atoms with van der Waals surface area (Å²) in [5, 5.41) is 0. The lowest BCUT2D eigenvalue weighted by molar-refractivity contribution is -0.137. The zero-order valence-corrected chi connectivity index (χ0v) is 14.9. The molecule has 0 aliphatic heterocycles. The minimum absolute atomic E-state index is 0.0575. The Kier molecular flexibility index (Phi) is 5.00. The van der Waals surface area contributed by atoms with E-state index >= 15 is 0 Å². The van der Waals surface area contributed by atoms with Gasteiger partial charge < -0.3 is 9.15 Å². The third-order valence-electron chi connectivity index (χ3n) is 3.96. The number of hydrogen-bond donors (Lipinski definition) is 0. The fourth-order valence-electron chi connectivity index (χ4n) is 2.46. The van der Waals surface area contributed by atoms with Crippen molar-refractivity contribution in [3.63, 3.8) is 0 Å². The van der Waals surface area contributed by atoms with Gasteiger partial charge in [0.25, 0.3) is 0 Å². The summed E-state index contributed by atoms with van der Waals surface area (Å²) in [6.07, 6.45) is -2.48. The van der Waals surface area contributed by atoms with Crippen LogP contribution in [0.2, 0.25) is 0 Å². The van der Waals surface area contributed by atoms with Crippen LogP contribution in [0.5, 0.6) is 0 Å². The second kappa shape index (κ2) is 6.97. The van der Waals surface area contributed by atoms with Crippen LogP contribution in [-0.2, 0) is 27.5 Å². The van der Waals surface area contributed by atoms with Crippen LogP contribution < -0.4 is 0 Å². The molecule has 1 aromatic heterocycles. The van der Waals surface area contributed by atoms with Gasteiger partial charge in [-0.25, -0.2) is 18.2 Å². The molecule has 0 saturated heterocycles. The predicted octanol–water partition coefficient (Wildman–Crippen LogP) is 2.83. The molecule has 0 atom stereocenters. The third kappa shape index (κ3) is 4.14. The number of ether oxygens (including phenoxy) is 1. The predicted molar refractivity (Wildman–Crippen MR) is 85.0 cm³/mol. The van der Waals surface area contributed by atoms with E-state index in [2.05, 4.69) is 9.72 Å². The summed E-state index contributed by atoms with van der Waals surface area (Å²) in [6, 6.07) is 3.19. The van der Waals surface area contributed by atoms with E-state index in [0.29, 0.717) is 18.9 Å². The lowest BCUT2D eigenvalue weighted by Gasteiger charge is -2.21. The summed E-state index contributed by atoms with van der Waals surface area (Å²) in [4.78, 5) is 14.8. The van der Waals surface area contributed by atoms with Gasteiger partial charge >= 0.3 is 12.1 Å². The number of halogens is 3. The normalized spacial score (nSPS) is 15.1. The lowest BCUT2D eigenvalue weighted by atomic mass is 10.2. The fourth-order valence-corrected chi connectivity index (χ4v) is 4.14. The van der Waals surface area contributed by atoms with Gasteiger partial charge in [-0.1, -0.05) is 6.07 Å². The van der Waals surface area contributed by atoms with Gasteiger partial charge in [0, 0.05) is 6.04 Å². The molecule has 0 amide bonds. The molecule has 1 aromatic carbocycles. The third-order valence-corrected chi connectivity index (χ3v) is 5.85. The molecule has 1 fully saturated rings. The van der Waals surface area contributed by atoms with E-state index in [0.717, 1.165) is 35.9 Å². The van der Waals surface area contributed by atoms with Gasteiger partial charge in [0.15, 0.2) is 5.69 Å². The number of benzene rings is 1. The van der Waals surface area contributed by atoms with Gasteiger partial charge in [-0.2, -0.15) is 17.5 Å². The van der Waals surface area contributed by atoms with Crippen LogP contribution in [0, 0.1) is 0 Å². The van der Waals surface area contributed by atoms with Crippen LogP contribution in [0.1, 0.15) is 34.8 Å². The highest BCUT2D eigenvalue weighted by molar-refractivity contribution is 7.89. The van der Waals surface area contributed by atoms with Crippen molar-refractivity contribution in [3.05, 3.63) is 47.7 Å². The molecule has 0 radical (unpaired) electrons. The molecule has 27 heavy (non-hydrogen) atoms. The SMILES string of the molecule is COC(=O)c1coc(CN(C2CC2)S(=O)(=O)c2cccc(C(F)(F)F)c2)n1. The van der Waals surface area contributed by atoms with Crippen molar-refractivity contribution in [1.29, 1.82) is 0 Å². The molecule has 146 valence electrons. The van der Waals surface area contributed by atoms with Crippen molar-refractivity contribution >= 4 is 16.0 Å². The molecule has 11 heteroatoms. The Morgan fingerprint density at radius 2 is 2.07 bits per heavy atom. The van der Waals surface area contributed by atoms with Gasteiger partial charge in [0.1, 0.15) is 6.26 Å². The Labute approximate surface area is 152 Å². The standard InChI is InChI=1S/C16H15F3N2O5S/c1-25-15(22)13-9-26-14(20-13)8-21(11-5-6-11)27(23,24)12-4-2-3-10(7-12)16(17,18)19/h2-4,7,9,11H,5-6,8H2,1H3. The summed E-state index contributed by atoms with van der Waals surface area (Å²) in [7, 11) is -3.06. The number of aromatic nitrogens is 1. The van der Waals surface area contributed by atoms with Crippen molar-refractivity contribution in [2.24, 2.45) is 0 Å². The van der Waals surface area contributed by atoms with Gasteiger partial charge in [-0.3, -0.25) is 0 Å². The monoisotopic (exact) mass is 404 g/mol. The molecule has 1 saturated carbocycles. The van der Waals surface area contributed by atoms with E-state index in [9.17, 15) is 26.4 Å². The lowest BCUT2D eigenvalue weighted by Crippen LogP contribution is -2.33. The molecule has 1 aliphatic rings. The molecule has 0 bridgehead atoms. The number of sulfonamides is 1. The van der Waals surface area contributed by atoms with Gasteiger partial charge in [-0.15, -0.1) is 0 Å². The zero-order valence-electron chi connectivity index (χ0n) is 14.1. The molecule has 1 aliphatic carbocycles. The number of nitrogens with zero attached hydrogens (tertiary/aromatic N) is 2. The van der Waals surface area contributed by atoms with Gasteiger partial charge in [0.05, 0.1) is 24.1 Å². The molecule has 0 N–H and O–H groups in total. The first-order valence-corrected chi connectivity index (χ1v) is 9.29. The summed E-state index contributed by atoms with van der Waals surface area (Å²) in [6.45, 7) is -0.305. The number of carbonyl (C=O) groups excluding carboxylic acids is 1. The quantitative estimate of drug-likeness (QED) is 0.688. The minimum atomic E-state index is -4.66. The summed E-state index contributed by atoms with van der Waals surface area (Å²) in [5.74, 6) is -0.804.